The molecule has 0 bridgehead atoms. The van der Waals surface area contributed by atoms with Gasteiger partial charge < -0.3 is 10.3 Å². The Morgan fingerprint density at radius 3 is 2.82 bits per heavy atom. The minimum absolute atomic E-state index is 0.268. The van der Waals surface area contributed by atoms with Gasteiger partial charge in [0.2, 0.25) is 0 Å². The average molecular weight is 360 g/mol. The molecular weight excluding hydrogens is 349 g/mol. The zero-order chi connectivity index (χ0) is 15.9. The number of nitrogens with zero attached hydrogens (tertiary/aromatic N) is 1. The van der Waals surface area contributed by atoms with Gasteiger partial charge in [-0.2, -0.15) is 5.26 Å². The van der Waals surface area contributed by atoms with Gasteiger partial charge in [0.15, 0.2) is 0 Å². The number of hydrogen-bond donors (Lipinski definition) is 2. The molecule has 1 aromatic heterocycles. The average Bonchev–Trinajstić information content (AvgIpc) is 2.49. The van der Waals surface area contributed by atoms with Crippen LogP contribution in [-0.4, -0.2) is 4.98 Å². The number of H-pyrrole nitrogens is 1. The zero-order valence-electron chi connectivity index (χ0n) is 11.6. The monoisotopic (exact) mass is 359 g/mol. The third-order valence-electron chi connectivity index (χ3n) is 3.70. The van der Waals surface area contributed by atoms with Crippen LogP contribution in [0.4, 0.5) is 10.1 Å². The Hall–Kier alpha value is -2.39. The molecule has 6 heteroatoms. The summed E-state index contributed by atoms with van der Waals surface area (Å²) in [5.41, 5.74) is 2.67. The normalized spacial score (nSPS) is 16.7. The molecule has 0 spiro atoms. The summed E-state index contributed by atoms with van der Waals surface area (Å²) in [4.78, 5) is 14.9. The molecule has 0 saturated carbocycles. The number of benzene rings is 1. The highest BCUT2D eigenvalue weighted by atomic mass is 79.9. The molecule has 1 aromatic carbocycles. The van der Waals surface area contributed by atoms with Crippen LogP contribution in [0.2, 0.25) is 0 Å². The second-order valence-corrected chi connectivity index (χ2v) is 5.87. The minimum atomic E-state index is -0.525. The minimum Gasteiger partial charge on any atom is -0.358 e. The number of hydrogen-bond acceptors (Lipinski definition) is 3. The predicted octanol–water partition coefficient (Wildman–Crippen LogP) is 3.63. The van der Waals surface area contributed by atoms with Crippen LogP contribution < -0.4 is 10.9 Å². The van der Waals surface area contributed by atoms with Crippen molar-refractivity contribution in [3.63, 3.8) is 0 Å². The maximum Gasteiger partial charge on any atom is 0.254 e. The highest BCUT2D eigenvalue weighted by Crippen LogP contribution is 2.40. The first-order valence-corrected chi connectivity index (χ1v) is 7.36. The standard InChI is InChI=1S/C16H11BrFN3O/c1-8-10(7-19)14(9-2-3-12(18)11(17)6-9)15-13(21-8)4-5-20-16(15)22/h2-6,14,21H,1H3,(H,20,22). The lowest BCUT2D eigenvalue weighted by molar-refractivity contribution is 0.620. The van der Waals surface area contributed by atoms with E-state index in [0.29, 0.717) is 32.6 Å². The molecule has 1 atom stereocenters. The molecule has 0 radical (unpaired) electrons. The Kier molecular flexibility index (Phi) is 3.59. The first-order chi connectivity index (χ1) is 10.5. The quantitative estimate of drug-likeness (QED) is 0.816. The van der Waals surface area contributed by atoms with Crippen LogP contribution in [0, 0.1) is 17.1 Å². The number of anilines is 1. The fourth-order valence-corrected chi connectivity index (χ4v) is 3.09. The highest BCUT2D eigenvalue weighted by Gasteiger charge is 2.30. The molecule has 110 valence electrons. The maximum absolute atomic E-state index is 13.5. The Morgan fingerprint density at radius 1 is 1.36 bits per heavy atom. The Morgan fingerprint density at radius 2 is 2.14 bits per heavy atom. The van der Waals surface area contributed by atoms with Crippen molar-refractivity contribution in [1.29, 1.82) is 5.26 Å². The summed E-state index contributed by atoms with van der Waals surface area (Å²) in [6.45, 7) is 1.79. The Bertz CT molecular complexity index is 895. The van der Waals surface area contributed by atoms with Gasteiger partial charge in [-0.1, -0.05) is 6.07 Å². The van der Waals surface area contributed by atoms with E-state index in [1.54, 1.807) is 31.3 Å². The number of nitriles is 1. The molecule has 22 heavy (non-hydrogen) atoms. The predicted molar refractivity (Wildman–Crippen MR) is 84.9 cm³/mol. The van der Waals surface area contributed by atoms with Crippen LogP contribution in [0.25, 0.3) is 0 Å². The number of halogens is 2. The molecule has 2 heterocycles. The number of rotatable bonds is 1. The molecule has 0 amide bonds. The third kappa shape index (κ3) is 2.24. The number of pyridine rings is 1. The third-order valence-corrected chi connectivity index (χ3v) is 4.31. The fourth-order valence-electron chi connectivity index (χ4n) is 2.69. The van der Waals surface area contributed by atoms with Gasteiger partial charge in [0.1, 0.15) is 5.82 Å². The summed E-state index contributed by atoms with van der Waals surface area (Å²) in [7, 11) is 0. The van der Waals surface area contributed by atoms with Crippen molar-refractivity contribution in [3.8, 4) is 6.07 Å². The van der Waals surface area contributed by atoms with Crippen molar-refractivity contribution in [2.24, 2.45) is 0 Å². The molecular formula is C16H11BrFN3O. The number of aromatic nitrogens is 1. The summed E-state index contributed by atoms with van der Waals surface area (Å²) in [5.74, 6) is -0.915. The van der Waals surface area contributed by atoms with Crippen LogP contribution >= 0.6 is 15.9 Å². The van der Waals surface area contributed by atoms with Gasteiger partial charge in [0.05, 0.1) is 27.6 Å². The second-order valence-electron chi connectivity index (χ2n) is 5.02. The van der Waals surface area contributed by atoms with E-state index in [9.17, 15) is 14.4 Å². The first-order valence-electron chi connectivity index (χ1n) is 6.57. The van der Waals surface area contributed by atoms with E-state index in [1.165, 1.54) is 6.07 Å². The summed E-state index contributed by atoms with van der Waals surface area (Å²) in [6, 6.07) is 8.43. The van der Waals surface area contributed by atoms with Crippen LogP contribution in [0.1, 0.15) is 24.0 Å². The lowest BCUT2D eigenvalue weighted by atomic mass is 9.82. The molecule has 0 fully saturated rings. The van der Waals surface area contributed by atoms with E-state index >= 15 is 0 Å². The van der Waals surface area contributed by atoms with E-state index in [2.05, 4.69) is 32.3 Å². The number of aromatic amines is 1. The van der Waals surface area contributed by atoms with Gasteiger partial charge in [-0.3, -0.25) is 4.79 Å². The fraction of sp³-hybridized carbons (Fsp3) is 0.125. The Balaban J connectivity index is 2.30. The summed E-state index contributed by atoms with van der Waals surface area (Å²) in [6.07, 6.45) is 1.55. The van der Waals surface area contributed by atoms with Gasteiger partial charge in [-0.15, -0.1) is 0 Å². The molecule has 2 N–H and O–H groups in total. The van der Waals surface area contributed by atoms with E-state index < -0.39 is 5.92 Å². The van der Waals surface area contributed by atoms with Crippen LogP contribution in [-0.2, 0) is 0 Å². The largest absolute Gasteiger partial charge is 0.358 e. The van der Waals surface area contributed by atoms with E-state index in [1.807, 2.05) is 0 Å². The van der Waals surface area contributed by atoms with Crippen LogP contribution in [0.15, 0.2) is 51.0 Å². The number of nitrogens with one attached hydrogen (secondary N) is 2. The SMILES string of the molecule is CC1=C(C#N)C(c2ccc(F)c(Br)c2)c2c(cc[nH]c2=O)N1. The van der Waals surface area contributed by atoms with Gasteiger partial charge in [0, 0.05) is 17.6 Å². The molecule has 1 unspecified atom stereocenters. The Labute approximate surface area is 134 Å². The molecule has 3 rings (SSSR count). The van der Waals surface area contributed by atoms with Crippen LogP contribution in [0.3, 0.4) is 0 Å². The molecule has 4 nitrogen and oxygen atoms in total. The van der Waals surface area contributed by atoms with Crippen LogP contribution in [0.5, 0.6) is 0 Å². The van der Waals surface area contributed by atoms with E-state index in [4.69, 9.17) is 0 Å². The van der Waals surface area contributed by atoms with Crippen molar-refractivity contribution in [2.75, 3.05) is 5.32 Å². The van der Waals surface area contributed by atoms with Crippen molar-refractivity contribution in [1.82, 2.24) is 4.98 Å². The van der Waals surface area contributed by atoms with Gasteiger partial charge >= 0.3 is 0 Å². The molecule has 1 aliphatic heterocycles. The lowest BCUT2D eigenvalue weighted by Crippen LogP contribution is -2.25. The maximum atomic E-state index is 13.5. The molecule has 2 aromatic rings. The van der Waals surface area contributed by atoms with Crippen molar-refractivity contribution < 1.29 is 4.39 Å². The summed E-state index contributed by atoms with van der Waals surface area (Å²) >= 11 is 3.15. The second kappa shape index (κ2) is 5.43. The topological polar surface area (TPSA) is 68.7 Å². The van der Waals surface area contributed by atoms with Crippen molar-refractivity contribution >= 4 is 21.6 Å². The van der Waals surface area contributed by atoms with Crippen molar-refractivity contribution in [3.05, 3.63) is 73.5 Å². The lowest BCUT2D eigenvalue weighted by Gasteiger charge is -2.27. The molecule has 0 saturated heterocycles. The van der Waals surface area contributed by atoms with Gasteiger partial charge in [-0.05, 0) is 46.6 Å². The first kappa shape index (κ1) is 14.5. The van der Waals surface area contributed by atoms with Gasteiger partial charge in [0.25, 0.3) is 5.56 Å². The highest BCUT2D eigenvalue weighted by molar-refractivity contribution is 9.10. The number of allylic oxidation sites excluding steroid dienone is 2. The van der Waals surface area contributed by atoms with Gasteiger partial charge in [-0.25, -0.2) is 4.39 Å². The van der Waals surface area contributed by atoms with E-state index in [0.717, 1.165) is 0 Å². The summed E-state index contributed by atoms with van der Waals surface area (Å²) in [5, 5.41) is 12.6. The number of fused-ring (bicyclic) bond motifs is 1. The van der Waals surface area contributed by atoms with Crippen molar-refractivity contribution in [2.45, 2.75) is 12.8 Å². The molecule has 0 aliphatic carbocycles. The zero-order valence-corrected chi connectivity index (χ0v) is 13.2. The smallest absolute Gasteiger partial charge is 0.254 e. The van der Waals surface area contributed by atoms with E-state index in [-0.39, 0.29) is 11.4 Å². The molecule has 1 aliphatic rings. The summed E-state index contributed by atoms with van der Waals surface area (Å²) < 4.78 is 13.8.